The van der Waals surface area contributed by atoms with Gasteiger partial charge in [-0.05, 0) is 17.9 Å². The predicted octanol–water partition coefficient (Wildman–Crippen LogP) is 3.14. The third-order valence-corrected chi connectivity index (χ3v) is 3.53. The molecule has 0 spiro atoms. The van der Waals surface area contributed by atoms with Crippen molar-refractivity contribution in [2.75, 3.05) is 17.7 Å². The molecule has 0 saturated heterocycles. The number of nitrogens with one attached hydrogen (secondary N) is 2. The first kappa shape index (κ1) is 11.9. The molecule has 90 valence electrons. The van der Waals surface area contributed by atoms with Crippen LogP contribution in [0.15, 0.2) is 29.9 Å². The average molecular weight is 248 g/mol. The highest BCUT2D eigenvalue weighted by Gasteiger charge is 2.10. The van der Waals surface area contributed by atoms with Gasteiger partial charge in [-0.25, -0.2) is 9.97 Å². The average Bonchev–Trinajstić information content (AvgIpc) is 2.90. The Hall–Kier alpha value is -1.62. The summed E-state index contributed by atoms with van der Waals surface area (Å²) in [6.07, 6.45) is 2.59. The molecule has 0 aliphatic heterocycles. The molecular formula is C12H16N4S. The van der Waals surface area contributed by atoms with Crippen molar-refractivity contribution in [3.63, 3.8) is 0 Å². The molecule has 0 aliphatic carbocycles. The van der Waals surface area contributed by atoms with Crippen LogP contribution in [0.5, 0.6) is 0 Å². The third-order valence-electron chi connectivity index (χ3n) is 2.54. The number of rotatable bonds is 5. The SMILES string of the molecule is CCC(Nc1cc(NC)ncn1)c1cccs1. The van der Waals surface area contributed by atoms with E-state index in [0.29, 0.717) is 6.04 Å². The van der Waals surface area contributed by atoms with Crippen molar-refractivity contribution in [3.05, 3.63) is 34.8 Å². The molecular weight excluding hydrogens is 232 g/mol. The first-order chi connectivity index (χ1) is 8.33. The standard InChI is InChI=1S/C12H16N4S/c1-3-9(10-5-4-6-17-10)16-12-7-11(13-2)14-8-15-12/h4-9H,3H2,1-2H3,(H2,13,14,15,16). The van der Waals surface area contributed by atoms with Crippen LogP contribution < -0.4 is 10.6 Å². The summed E-state index contributed by atoms with van der Waals surface area (Å²) in [5, 5.41) is 8.53. The number of aromatic nitrogens is 2. The Balaban J connectivity index is 2.13. The number of nitrogens with zero attached hydrogens (tertiary/aromatic N) is 2. The van der Waals surface area contributed by atoms with Crippen LogP contribution in [0, 0.1) is 0 Å². The quantitative estimate of drug-likeness (QED) is 0.853. The summed E-state index contributed by atoms with van der Waals surface area (Å²) in [5.74, 6) is 1.67. The molecule has 0 aliphatic rings. The molecule has 0 bridgehead atoms. The van der Waals surface area contributed by atoms with Gasteiger partial charge in [0.2, 0.25) is 0 Å². The highest BCUT2D eigenvalue weighted by molar-refractivity contribution is 7.10. The summed E-state index contributed by atoms with van der Waals surface area (Å²) in [7, 11) is 1.85. The van der Waals surface area contributed by atoms with Gasteiger partial charge in [0.15, 0.2) is 0 Å². The Labute approximate surface area is 105 Å². The molecule has 5 heteroatoms. The van der Waals surface area contributed by atoms with Crippen LogP contribution in [0.1, 0.15) is 24.3 Å². The van der Waals surface area contributed by atoms with Crippen LogP contribution in [-0.4, -0.2) is 17.0 Å². The third kappa shape index (κ3) is 2.94. The van der Waals surface area contributed by atoms with Gasteiger partial charge in [0.1, 0.15) is 18.0 Å². The van der Waals surface area contributed by atoms with E-state index in [4.69, 9.17) is 0 Å². The summed E-state index contributed by atoms with van der Waals surface area (Å²) in [4.78, 5) is 9.65. The van der Waals surface area contributed by atoms with Crippen molar-refractivity contribution < 1.29 is 0 Å². The zero-order chi connectivity index (χ0) is 12.1. The smallest absolute Gasteiger partial charge is 0.131 e. The van der Waals surface area contributed by atoms with Gasteiger partial charge in [0.25, 0.3) is 0 Å². The van der Waals surface area contributed by atoms with Crippen molar-refractivity contribution in [3.8, 4) is 0 Å². The Morgan fingerprint density at radius 1 is 1.35 bits per heavy atom. The lowest BCUT2D eigenvalue weighted by Crippen LogP contribution is -2.09. The molecule has 0 fully saturated rings. The van der Waals surface area contributed by atoms with E-state index in [1.165, 1.54) is 4.88 Å². The molecule has 0 amide bonds. The van der Waals surface area contributed by atoms with E-state index in [0.717, 1.165) is 18.1 Å². The van der Waals surface area contributed by atoms with Gasteiger partial charge >= 0.3 is 0 Å². The largest absolute Gasteiger partial charge is 0.373 e. The predicted molar refractivity (Wildman–Crippen MR) is 72.6 cm³/mol. The fourth-order valence-corrected chi connectivity index (χ4v) is 2.48. The second-order valence-corrected chi connectivity index (χ2v) is 4.64. The fraction of sp³-hybridized carbons (Fsp3) is 0.333. The van der Waals surface area contributed by atoms with Crippen molar-refractivity contribution in [1.82, 2.24) is 9.97 Å². The number of hydrogen-bond donors (Lipinski definition) is 2. The highest BCUT2D eigenvalue weighted by atomic mass is 32.1. The Morgan fingerprint density at radius 3 is 2.82 bits per heavy atom. The molecule has 0 aromatic carbocycles. The van der Waals surface area contributed by atoms with Gasteiger partial charge in [0, 0.05) is 18.0 Å². The van der Waals surface area contributed by atoms with Gasteiger partial charge in [-0.15, -0.1) is 11.3 Å². The fourth-order valence-electron chi connectivity index (χ4n) is 1.62. The van der Waals surface area contributed by atoms with Crippen molar-refractivity contribution >= 4 is 23.0 Å². The van der Waals surface area contributed by atoms with Crippen molar-refractivity contribution in [2.24, 2.45) is 0 Å². The van der Waals surface area contributed by atoms with Gasteiger partial charge in [-0.1, -0.05) is 13.0 Å². The number of thiophene rings is 1. The van der Waals surface area contributed by atoms with Gasteiger partial charge in [-0.2, -0.15) is 0 Å². The molecule has 0 radical (unpaired) electrons. The number of hydrogen-bond acceptors (Lipinski definition) is 5. The molecule has 0 saturated carbocycles. The Morgan fingerprint density at radius 2 is 2.18 bits per heavy atom. The van der Waals surface area contributed by atoms with Crippen LogP contribution in [-0.2, 0) is 0 Å². The minimum atomic E-state index is 0.314. The summed E-state index contributed by atoms with van der Waals surface area (Å²) in [6, 6.07) is 6.45. The molecule has 2 N–H and O–H groups in total. The molecule has 2 aromatic heterocycles. The van der Waals surface area contributed by atoms with Crippen LogP contribution in [0.25, 0.3) is 0 Å². The van der Waals surface area contributed by atoms with Gasteiger partial charge < -0.3 is 10.6 Å². The van der Waals surface area contributed by atoms with E-state index in [1.54, 1.807) is 17.7 Å². The van der Waals surface area contributed by atoms with Crippen molar-refractivity contribution in [1.29, 1.82) is 0 Å². The van der Waals surface area contributed by atoms with E-state index in [1.807, 2.05) is 13.1 Å². The van der Waals surface area contributed by atoms with E-state index in [2.05, 4.69) is 45.0 Å². The second kappa shape index (κ2) is 5.63. The van der Waals surface area contributed by atoms with Gasteiger partial charge in [0.05, 0.1) is 6.04 Å². The van der Waals surface area contributed by atoms with Crippen LogP contribution in [0.4, 0.5) is 11.6 Å². The summed E-state index contributed by atoms with van der Waals surface area (Å²) < 4.78 is 0. The topological polar surface area (TPSA) is 49.8 Å². The first-order valence-corrected chi connectivity index (χ1v) is 6.51. The zero-order valence-electron chi connectivity index (χ0n) is 9.97. The van der Waals surface area contributed by atoms with Crippen molar-refractivity contribution in [2.45, 2.75) is 19.4 Å². The maximum absolute atomic E-state index is 4.23. The maximum atomic E-state index is 4.23. The van der Waals surface area contributed by atoms with E-state index in [9.17, 15) is 0 Å². The van der Waals surface area contributed by atoms with E-state index < -0.39 is 0 Å². The summed E-state index contributed by atoms with van der Waals surface area (Å²) >= 11 is 1.76. The van der Waals surface area contributed by atoms with E-state index in [-0.39, 0.29) is 0 Å². The lowest BCUT2D eigenvalue weighted by molar-refractivity contribution is 0.758. The summed E-state index contributed by atoms with van der Waals surface area (Å²) in [6.45, 7) is 2.16. The van der Waals surface area contributed by atoms with Gasteiger partial charge in [-0.3, -0.25) is 0 Å². The normalized spacial score (nSPS) is 12.1. The molecule has 2 heterocycles. The monoisotopic (exact) mass is 248 g/mol. The minimum Gasteiger partial charge on any atom is -0.373 e. The lowest BCUT2D eigenvalue weighted by atomic mass is 10.2. The minimum absolute atomic E-state index is 0.314. The zero-order valence-corrected chi connectivity index (χ0v) is 10.8. The molecule has 17 heavy (non-hydrogen) atoms. The van der Waals surface area contributed by atoms with Crippen LogP contribution in [0.3, 0.4) is 0 Å². The second-order valence-electron chi connectivity index (χ2n) is 3.66. The molecule has 1 unspecified atom stereocenters. The molecule has 2 rings (SSSR count). The summed E-state index contributed by atoms with van der Waals surface area (Å²) in [5.41, 5.74) is 0. The Kier molecular flexibility index (Phi) is 3.93. The molecule has 2 aromatic rings. The number of anilines is 2. The molecule has 4 nitrogen and oxygen atoms in total. The highest BCUT2D eigenvalue weighted by Crippen LogP contribution is 2.25. The molecule has 1 atom stereocenters. The van der Waals surface area contributed by atoms with E-state index >= 15 is 0 Å². The van der Waals surface area contributed by atoms with Crippen LogP contribution in [0.2, 0.25) is 0 Å². The van der Waals surface area contributed by atoms with Crippen LogP contribution >= 0.6 is 11.3 Å². The first-order valence-electron chi connectivity index (χ1n) is 5.63. The lowest BCUT2D eigenvalue weighted by Gasteiger charge is -2.16. The Bertz CT molecular complexity index is 455. The maximum Gasteiger partial charge on any atom is 0.131 e.